The molecule has 4 heteroatoms. The van der Waals surface area contributed by atoms with Gasteiger partial charge in [0.2, 0.25) is 5.95 Å². The van der Waals surface area contributed by atoms with E-state index in [-0.39, 0.29) is 5.23 Å². The van der Waals surface area contributed by atoms with Gasteiger partial charge in [0.25, 0.3) is 0 Å². The van der Waals surface area contributed by atoms with Crippen molar-refractivity contribution >= 4 is 0 Å². The second-order valence-corrected chi connectivity index (χ2v) is 1.28. The second-order valence-electron chi connectivity index (χ2n) is 1.28. The lowest BCUT2D eigenvalue weighted by molar-refractivity contribution is 0.0288. The van der Waals surface area contributed by atoms with E-state index in [0.29, 0.717) is 0 Å². The highest BCUT2D eigenvalue weighted by Gasteiger charge is 2.00. The summed E-state index contributed by atoms with van der Waals surface area (Å²) in [5, 5.41) is 0.0370. The standard InChI is InChI=1S/C4H4F2N2/c5-4-2-1-3-8(6)7-4/h1-3,7H. The Morgan fingerprint density at radius 2 is 2.38 bits per heavy atom. The number of nitrogens with zero attached hydrogens (tertiary/aromatic N) is 1. The molecule has 0 aromatic rings. The van der Waals surface area contributed by atoms with Crippen molar-refractivity contribution in [2.45, 2.75) is 0 Å². The highest BCUT2D eigenvalue weighted by atomic mass is 19.2. The fraction of sp³-hybridized carbons (Fsp3) is 0. The number of nitrogens with one attached hydrogen (secondary N) is 1. The van der Waals surface area contributed by atoms with Crippen molar-refractivity contribution in [2.75, 3.05) is 0 Å². The number of allylic oxidation sites excluding steroid dienone is 2. The molecule has 0 bridgehead atoms. The van der Waals surface area contributed by atoms with Gasteiger partial charge >= 0.3 is 0 Å². The van der Waals surface area contributed by atoms with E-state index in [4.69, 9.17) is 0 Å². The molecule has 0 aromatic carbocycles. The summed E-state index contributed by atoms with van der Waals surface area (Å²) < 4.78 is 23.6. The zero-order chi connectivity index (χ0) is 5.98. The molecular formula is C4H4F2N2. The predicted octanol–water partition coefficient (Wildman–Crippen LogP) is 1.02. The van der Waals surface area contributed by atoms with Gasteiger partial charge in [-0.15, -0.1) is 5.23 Å². The molecule has 0 radical (unpaired) electrons. The third kappa shape index (κ3) is 0.959. The Kier molecular flexibility index (Phi) is 1.15. The molecule has 0 atom stereocenters. The third-order valence-electron chi connectivity index (χ3n) is 0.673. The van der Waals surface area contributed by atoms with Crippen LogP contribution in [-0.4, -0.2) is 5.23 Å². The first-order valence-electron chi connectivity index (χ1n) is 2.05. The van der Waals surface area contributed by atoms with Gasteiger partial charge in [0.05, 0.1) is 6.20 Å². The summed E-state index contributed by atoms with van der Waals surface area (Å²) in [4.78, 5) is 0. The van der Waals surface area contributed by atoms with Crippen molar-refractivity contribution in [1.82, 2.24) is 10.7 Å². The zero-order valence-corrected chi connectivity index (χ0v) is 3.94. The van der Waals surface area contributed by atoms with Crippen molar-refractivity contribution in [3.63, 3.8) is 0 Å². The lowest BCUT2D eigenvalue weighted by atomic mass is 10.5. The van der Waals surface area contributed by atoms with Crippen LogP contribution in [-0.2, 0) is 0 Å². The molecule has 0 aromatic heterocycles. The van der Waals surface area contributed by atoms with Crippen molar-refractivity contribution in [3.05, 3.63) is 24.3 Å². The largest absolute Gasteiger partial charge is 0.245 e. The normalized spacial score (nSPS) is 17.8. The number of rotatable bonds is 0. The molecule has 1 aliphatic heterocycles. The van der Waals surface area contributed by atoms with Gasteiger partial charge in [-0.1, -0.05) is 4.48 Å². The van der Waals surface area contributed by atoms with E-state index in [2.05, 4.69) is 0 Å². The van der Waals surface area contributed by atoms with Crippen LogP contribution in [0.5, 0.6) is 0 Å². The minimum absolute atomic E-state index is 0.0370. The fourth-order valence-corrected chi connectivity index (χ4v) is 0.380. The summed E-state index contributed by atoms with van der Waals surface area (Å²) in [6.07, 6.45) is 3.44. The number of hydrogen-bond donors (Lipinski definition) is 1. The maximum Gasteiger partial charge on any atom is 0.207 e. The molecule has 0 aliphatic carbocycles. The van der Waals surface area contributed by atoms with E-state index in [1.54, 1.807) is 5.43 Å². The van der Waals surface area contributed by atoms with Crippen LogP contribution in [0.25, 0.3) is 0 Å². The molecule has 0 saturated carbocycles. The van der Waals surface area contributed by atoms with Crippen LogP contribution in [0.15, 0.2) is 24.3 Å². The van der Waals surface area contributed by atoms with Crippen LogP contribution < -0.4 is 5.43 Å². The van der Waals surface area contributed by atoms with Gasteiger partial charge in [0.1, 0.15) is 0 Å². The Balaban J connectivity index is 2.59. The van der Waals surface area contributed by atoms with E-state index in [9.17, 15) is 8.87 Å². The second kappa shape index (κ2) is 1.81. The van der Waals surface area contributed by atoms with Crippen LogP contribution in [0.1, 0.15) is 0 Å². The van der Waals surface area contributed by atoms with Crippen molar-refractivity contribution in [1.29, 1.82) is 0 Å². The molecule has 1 N–H and O–H groups in total. The Bertz CT molecular complexity index is 141. The summed E-state index contributed by atoms with van der Waals surface area (Å²) in [5.74, 6) is -0.699. The van der Waals surface area contributed by atoms with Crippen LogP contribution in [0.3, 0.4) is 0 Å². The topological polar surface area (TPSA) is 15.3 Å². The smallest absolute Gasteiger partial charge is 0.207 e. The molecule has 0 unspecified atom stereocenters. The number of hydrazine groups is 1. The zero-order valence-electron chi connectivity index (χ0n) is 3.94. The predicted molar refractivity (Wildman–Crippen MR) is 24.4 cm³/mol. The van der Waals surface area contributed by atoms with Crippen LogP contribution in [0.2, 0.25) is 0 Å². The van der Waals surface area contributed by atoms with Crippen molar-refractivity contribution < 1.29 is 8.87 Å². The van der Waals surface area contributed by atoms with Gasteiger partial charge in [-0.2, -0.15) is 4.39 Å². The number of halogens is 2. The van der Waals surface area contributed by atoms with Gasteiger partial charge in [0.15, 0.2) is 0 Å². The van der Waals surface area contributed by atoms with E-state index >= 15 is 0 Å². The van der Waals surface area contributed by atoms with Crippen LogP contribution >= 0.6 is 0 Å². The Morgan fingerprint density at radius 1 is 1.62 bits per heavy atom. The summed E-state index contributed by atoms with van der Waals surface area (Å²) in [6, 6.07) is 0. The first kappa shape index (κ1) is 5.08. The van der Waals surface area contributed by atoms with Crippen molar-refractivity contribution in [3.8, 4) is 0 Å². The minimum Gasteiger partial charge on any atom is -0.245 e. The minimum atomic E-state index is -0.699. The molecule has 44 valence electrons. The maximum atomic E-state index is 11.9. The van der Waals surface area contributed by atoms with Gasteiger partial charge in [-0.05, 0) is 12.2 Å². The monoisotopic (exact) mass is 118 g/mol. The Morgan fingerprint density at radius 3 is 2.75 bits per heavy atom. The molecular weight excluding hydrogens is 114 g/mol. The van der Waals surface area contributed by atoms with Gasteiger partial charge in [-0.3, -0.25) is 0 Å². The van der Waals surface area contributed by atoms with E-state index in [1.807, 2.05) is 0 Å². The summed E-state index contributed by atoms with van der Waals surface area (Å²) >= 11 is 0. The molecule has 0 amide bonds. The molecule has 1 rings (SSSR count). The first-order valence-corrected chi connectivity index (χ1v) is 2.05. The summed E-state index contributed by atoms with van der Waals surface area (Å²) in [7, 11) is 0. The highest BCUT2D eigenvalue weighted by molar-refractivity contribution is 5.07. The lowest BCUT2D eigenvalue weighted by Crippen LogP contribution is -2.25. The maximum absolute atomic E-state index is 11.9. The average Bonchev–Trinajstić information content (AvgIpc) is 1.64. The first-order chi connectivity index (χ1) is 3.79. The fourth-order valence-electron chi connectivity index (χ4n) is 0.380. The molecule has 0 spiro atoms. The van der Waals surface area contributed by atoms with Gasteiger partial charge in [0, 0.05) is 0 Å². The van der Waals surface area contributed by atoms with Crippen LogP contribution in [0.4, 0.5) is 8.87 Å². The Labute approximate surface area is 45.0 Å². The van der Waals surface area contributed by atoms with Crippen LogP contribution in [0, 0.1) is 0 Å². The molecule has 0 fully saturated rings. The lowest BCUT2D eigenvalue weighted by Gasteiger charge is -2.10. The highest BCUT2D eigenvalue weighted by Crippen LogP contribution is 2.00. The van der Waals surface area contributed by atoms with E-state index < -0.39 is 5.95 Å². The molecule has 1 heterocycles. The van der Waals surface area contributed by atoms with E-state index in [0.717, 1.165) is 12.3 Å². The summed E-state index contributed by atoms with van der Waals surface area (Å²) in [6.45, 7) is 0. The van der Waals surface area contributed by atoms with Crippen molar-refractivity contribution in [2.24, 2.45) is 0 Å². The number of hydrogen-bond acceptors (Lipinski definition) is 2. The molecule has 8 heavy (non-hydrogen) atoms. The van der Waals surface area contributed by atoms with Gasteiger partial charge < -0.3 is 0 Å². The quantitative estimate of drug-likeness (QED) is 0.377. The molecule has 0 saturated heterocycles. The Hall–Kier alpha value is -1.06. The summed E-state index contributed by atoms with van der Waals surface area (Å²) in [5.41, 5.74) is 1.75. The SMILES string of the molecule is FC1=CC=CN(F)N1. The third-order valence-corrected chi connectivity index (χ3v) is 0.673. The van der Waals surface area contributed by atoms with E-state index in [1.165, 1.54) is 6.08 Å². The van der Waals surface area contributed by atoms with Gasteiger partial charge in [-0.25, -0.2) is 5.43 Å². The molecule has 1 aliphatic rings. The molecule has 2 nitrogen and oxygen atoms in total. The average molecular weight is 118 g/mol.